The summed E-state index contributed by atoms with van der Waals surface area (Å²) in [7, 11) is 2.04. The lowest BCUT2D eigenvalue weighted by Crippen LogP contribution is -2.26. The summed E-state index contributed by atoms with van der Waals surface area (Å²) in [4.78, 5) is 0. The molecule has 1 rings (SSSR count). The van der Waals surface area contributed by atoms with Crippen molar-refractivity contribution >= 4 is 0 Å². The quantitative estimate of drug-likeness (QED) is 0.633. The maximum atomic E-state index is 5.60. The Morgan fingerprint density at radius 1 is 1.57 bits per heavy atom. The summed E-state index contributed by atoms with van der Waals surface area (Å²) in [5.41, 5.74) is 0. The summed E-state index contributed by atoms with van der Waals surface area (Å²) in [6, 6.07) is 0.636. The van der Waals surface area contributed by atoms with E-state index in [4.69, 9.17) is 4.74 Å². The molecule has 0 aromatic rings. The molecule has 2 nitrogen and oxygen atoms in total. The summed E-state index contributed by atoms with van der Waals surface area (Å²) in [5.74, 6) is 0. The Labute approximate surface area is 87.7 Å². The number of nitrogens with one attached hydrogen (secondary N) is 1. The molecule has 1 fully saturated rings. The smallest absolute Gasteiger partial charge is 0.0576 e. The van der Waals surface area contributed by atoms with Crippen molar-refractivity contribution < 1.29 is 4.74 Å². The zero-order valence-electron chi connectivity index (χ0n) is 9.30. The number of hydrogen-bond acceptors (Lipinski definition) is 2. The average molecular weight is 197 g/mol. The van der Waals surface area contributed by atoms with Crippen LogP contribution in [0.3, 0.4) is 0 Å². The van der Waals surface area contributed by atoms with Crippen molar-refractivity contribution in [3.05, 3.63) is 12.7 Å². The molecule has 1 heterocycles. The molecular weight excluding hydrogens is 174 g/mol. The van der Waals surface area contributed by atoms with Crippen molar-refractivity contribution in [2.75, 3.05) is 13.7 Å². The molecule has 0 aromatic heterocycles. The van der Waals surface area contributed by atoms with E-state index in [1.54, 1.807) is 0 Å². The first-order valence-corrected chi connectivity index (χ1v) is 5.76. The summed E-state index contributed by atoms with van der Waals surface area (Å²) in [5, 5.41) is 3.36. The first kappa shape index (κ1) is 11.7. The van der Waals surface area contributed by atoms with Crippen LogP contribution in [0.4, 0.5) is 0 Å². The van der Waals surface area contributed by atoms with E-state index in [-0.39, 0.29) is 0 Å². The van der Waals surface area contributed by atoms with E-state index in [0.717, 1.165) is 13.0 Å². The van der Waals surface area contributed by atoms with Gasteiger partial charge >= 0.3 is 0 Å². The lowest BCUT2D eigenvalue weighted by Gasteiger charge is -2.17. The lowest BCUT2D eigenvalue weighted by molar-refractivity contribution is 0.0996. The normalized spacial score (nSPS) is 23.6. The highest BCUT2D eigenvalue weighted by Gasteiger charge is 2.16. The third-order valence-electron chi connectivity index (χ3n) is 2.99. The Morgan fingerprint density at radius 3 is 3.00 bits per heavy atom. The van der Waals surface area contributed by atoms with Crippen LogP contribution in [0.25, 0.3) is 0 Å². The standard InChI is InChI=1S/C12H23NO/c1-3-4-6-11(13-2)8-9-12-7-5-10-14-12/h3,11-13H,1,4-10H2,2H3. The molecule has 0 aliphatic carbocycles. The minimum Gasteiger partial charge on any atom is -0.378 e. The summed E-state index contributed by atoms with van der Waals surface area (Å²) in [6.07, 6.45) is 9.80. The minimum absolute atomic E-state index is 0.537. The van der Waals surface area contributed by atoms with Crippen LogP contribution in [0.15, 0.2) is 12.7 Å². The number of ether oxygens (including phenoxy) is 1. The van der Waals surface area contributed by atoms with Crippen molar-refractivity contribution in [2.45, 2.75) is 50.7 Å². The van der Waals surface area contributed by atoms with Crippen LogP contribution >= 0.6 is 0 Å². The summed E-state index contributed by atoms with van der Waals surface area (Å²) in [6.45, 7) is 4.73. The van der Waals surface area contributed by atoms with E-state index < -0.39 is 0 Å². The fraction of sp³-hybridized carbons (Fsp3) is 0.833. The van der Waals surface area contributed by atoms with E-state index in [1.807, 2.05) is 13.1 Å². The monoisotopic (exact) mass is 197 g/mol. The Balaban J connectivity index is 2.09. The molecule has 14 heavy (non-hydrogen) atoms. The zero-order chi connectivity index (χ0) is 10.2. The van der Waals surface area contributed by atoms with Gasteiger partial charge in [-0.3, -0.25) is 0 Å². The van der Waals surface area contributed by atoms with Crippen LogP contribution in [0, 0.1) is 0 Å². The molecule has 82 valence electrons. The topological polar surface area (TPSA) is 21.3 Å². The molecule has 0 saturated carbocycles. The molecule has 0 aromatic carbocycles. The van der Waals surface area contributed by atoms with Crippen LogP contribution in [-0.4, -0.2) is 25.8 Å². The van der Waals surface area contributed by atoms with Crippen LogP contribution in [0.1, 0.15) is 38.5 Å². The van der Waals surface area contributed by atoms with Gasteiger partial charge in [0.1, 0.15) is 0 Å². The first-order chi connectivity index (χ1) is 6.86. The molecule has 2 unspecified atom stereocenters. The van der Waals surface area contributed by atoms with Crippen LogP contribution < -0.4 is 5.32 Å². The van der Waals surface area contributed by atoms with Gasteiger partial charge < -0.3 is 10.1 Å². The molecule has 0 radical (unpaired) electrons. The highest BCUT2D eigenvalue weighted by molar-refractivity contribution is 4.75. The molecule has 0 spiro atoms. The predicted octanol–water partition coefficient (Wildman–Crippen LogP) is 2.50. The average Bonchev–Trinajstić information content (AvgIpc) is 2.71. The molecule has 1 saturated heterocycles. The zero-order valence-corrected chi connectivity index (χ0v) is 9.30. The van der Waals surface area contributed by atoms with Crippen molar-refractivity contribution in [1.29, 1.82) is 0 Å². The van der Waals surface area contributed by atoms with Crippen molar-refractivity contribution in [3.8, 4) is 0 Å². The summed E-state index contributed by atoms with van der Waals surface area (Å²) >= 11 is 0. The van der Waals surface area contributed by atoms with Gasteiger partial charge in [0.15, 0.2) is 0 Å². The SMILES string of the molecule is C=CCCC(CCC1CCCO1)NC. The molecule has 2 atom stereocenters. The maximum Gasteiger partial charge on any atom is 0.0576 e. The van der Waals surface area contributed by atoms with Gasteiger partial charge in [0.2, 0.25) is 0 Å². The Bertz CT molecular complexity index is 152. The van der Waals surface area contributed by atoms with Crippen molar-refractivity contribution in [1.82, 2.24) is 5.32 Å². The largest absolute Gasteiger partial charge is 0.378 e. The van der Waals surface area contributed by atoms with E-state index in [9.17, 15) is 0 Å². The molecule has 0 bridgehead atoms. The van der Waals surface area contributed by atoms with Gasteiger partial charge in [-0.25, -0.2) is 0 Å². The van der Waals surface area contributed by atoms with Gasteiger partial charge in [-0.05, 0) is 45.6 Å². The van der Waals surface area contributed by atoms with Crippen molar-refractivity contribution in [2.24, 2.45) is 0 Å². The van der Waals surface area contributed by atoms with Crippen molar-refractivity contribution in [3.63, 3.8) is 0 Å². The number of rotatable bonds is 7. The second kappa shape index (κ2) is 7.02. The maximum absolute atomic E-state index is 5.60. The van der Waals surface area contributed by atoms with Gasteiger partial charge in [0.25, 0.3) is 0 Å². The summed E-state index contributed by atoms with van der Waals surface area (Å²) < 4.78 is 5.60. The second-order valence-corrected chi connectivity index (χ2v) is 4.06. The van der Waals surface area contributed by atoms with Gasteiger partial charge in [-0.15, -0.1) is 6.58 Å². The fourth-order valence-electron chi connectivity index (χ4n) is 2.01. The second-order valence-electron chi connectivity index (χ2n) is 4.06. The van der Waals surface area contributed by atoms with Gasteiger partial charge in [-0.2, -0.15) is 0 Å². The van der Waals surface area contributed by atoms with E-state index in [1.165, 1.54) is 32.1 Å². The van der Waals surface area contributed by atoms with E-state index in [0.29, 0.717) is 12.1 Å². The highest BCUT2D eigenvalue weighted by atomic mass is 16.5. The third-order valence-corrected chi connectivity index (χ3v) is 2.99. The molecule has 1 N–H and O–H groups in total. The minimum atomic E-state index is 0.537. The van der Waals surface area contributed by atoms with Gasteiger partial charge in [0.05, 0.1) is 6.10 Å². The van der Waals surface area contributed by atoms with Gasteiger partial charge in [0, 0.05) is 12.6 Å². The number of hydrogen-bond donors (Lipinski definition) is 1. The van der Waals surface area contributed by atoms with Crippen LogP contribution in [0.2, 0.25) is 0 Å². The van der Waals surface area contributed by atoms with Gasteiger partial charge in [-0.1, -0.05) is 6.08 Å². The van der Waals surface area contributed by atoms with Crippen LogP contribution in [0.5, 0.6) is 0 Å². The third kappa shape index (κ3) is 4.25. The predicted molar refractivity (Wildman–Crippen MR) is 60.5 cm³/mol. The van der Waals surface area contributed by atoms with Crippen LogP contribution in [-0.2, 0) is 4.74 Å². The fourth-order valence-corrected chi connectivity index (χ4v) is 2.01. The molecule has 2 heteroatoms. The number of allylic oxidation sites excluding steroid dienone is 1. The molecule has 1 aliphatic rings. The first-order valence-electron chi connectivity index (χ1n) is 5.76. The molecule has 1 aliphatic heterocycles. The Morgan fingerprint density at radius 2 is 2.43 bits per heavy atom. The highest BCUT2D eigenvalue weighted by Crippen LogP contribution is 2.18. The van der Waals surface area contributed by atoms with E-state index >= 15 is 0 Å². The molecule has 0 amide bonds. The lowest BCUT2D eigenvalue weighted by atomic mass is 10.0. The molecular formula is C12H23NO. The Kier molecular flexibility index (Phi) is 5.88. The van der Waals surface area contributed by atoms with E-state index in [2.05, 4.69) is 11.9 Å². The Hall–Kier alpha value is -0.340.